The predicted molar refractivity (Wildman–Crippen MR) is 53.2 cm³/mol. The number of benzene rings is 1. The number of hydrogen-bond acceptors (Lipinski definition) is 2. The lowest BCUT2D eigenvalue weighted by Gasteiger charge is -2.08. The molecule has 0 aliphatic carbocycles. The average Bonchev–Trinajstić information content (AvgIpc) is 2.17. The summed E-state index contributed by atoms with van der Waals surface area (Å²) in [5.41, 5.74) is 5.85. The third-order valence-corrected chi connectivity index (χ3v) is 1.98. The number of halogens is 4. The molecular weight excluding hydrogens is 224 g/mol. The van der Waals surface area contributed by atoms with Gasteiger partial charge in [-0.1, -0.05) is 6.07 Å². The molecule has 1 aromatic rings. The second-order valence-corrected chi connectivity index (χ2v) is 3.40. The number of alkyl halides is 3. The maximum atomic E-state index is 12.9. The molecule has 1 aromatic carbocycles. The van der Waals surface area contributed by atoms with Gasteiger partial charge in [-0.05, 0) is 17.7 Å². The van der Waals surface area contributed by atoms with Crippen molar-refractivity contribution in [3.63, 3.8) is 0 Å². The fourth-order valence-corrected chi connectivity index (χ4v) is 1.14. The summed E-state index contributed by atoms with van der Waals surface area (Å²) in [4.78, 5) is 0. The smallest absolute Gasteiger partial charge is 0.390 e. The second kappa shape index (κ2) is 5.16. The molecule has 3 N–H and O–H groups in total. The highest BCUT2D eigenvalue weighted by Crippen LogP contribution is 2.18. The Hall–Kier alpha value is -1.30. The van der Waals surface area contributed by atoms with E-state index in [1.807, 2.05) is 0 Å². The first-order chi connectivity index (χ1) is 7.38. The van der Waals surface area contributed by atoms with Crippen LogP contribution >= 0.6 is 0 Å². The molecule has 0 aromatic heterocycles. The normalized spacial score (nSPS) is 11.8. The molecule has 0 spiro atoms. The summed E-state index contributed by atoms with van der Waals surface area (Å²) >= 11 is 0. The van der Waals surface area contributed by atoms with Crippen LogP contribution in [0.15, 0.2) is 18.2 Å². The second-order valence-electron chi connectivity index (χ2n) is 3.40. The predicted octanol–water partition coefficient (Wildman–Crippen LogP) is 2.45. The molecule has 1 rings (SSSR count). The van der Waals surface area contributed by atoms with Crippen LogP contribution < -0.4 is 11.1 Å². The quantitative estimate of drug-likeness (QED) is 0.478. The van der Waals surface area contributed by atoms with Crippen molar-refractivity contribution < 1.29 is 17.6 Å². The van der Waals surface area contributed by atoms with E-state index in [0.29, 0.717) is 5.56 Å². The molecule has 0 aliphatic rings. The van der Waals surface area contributed by atoms with E-state index in [4.69, 9.17) is 5.73 Å². The van der Waals surface area contributed by atoms with Gasteiger partial charge in [0.1, 0.15) is 5.82 Å². The van der Waals surface area contributed by atoms with Crippen molar-refractivity contribution in [1.82, 2.24) is 5.32 Å². The van der Waals surface area contributed by atoms with E-state index in [1.54, 1.807) is 6.07 Å². The fourth-order valence-electron chi connectivity index (χ4n) is 1.14. The largest absolute Gasteiger partial charge is 0.396 e. The highest BCUT2D eigenvalue weighted by molar-refractivity contribution is 5.41. The van der Waals surface area contributed by atoms with Crippen LogP contribution in [0, 0.1) is 5.82 Å². The Morgan fingerprint density at radius 3 is 2.50 bits per heavy atom. The first-order valence-electron chi connectivity index (χ1n) is 4.70. The Bertz CT molecular complexity index is 349. The molecule has 0 saturated carbocycles. The summed E-state index contributed by atoms with van der Waals surface area (Å²) in [5, 5.41) is 2.58. The number of nitrogen functional groups attached to an aromatic ring is 1. The van der Waals surface area contributed by atoms with E-state index >= 15 is 0 Å². The molecule has 0 unspecified atom stereocenters. The fraction of sp³-hybridized carbons (Fsp3) is 0.400. The lowest BCUT2D eigenvalue weighted by atomic mass is 10.2. The summed E-state index contributed by atoms with van der Waals surface area (Å²) in [7, 11) is 0. The summed E-state index contributed by atoms with van der Waals surface area (Å²) in [6.45, 7) is 0.00275. The van der Waals surface area contributed by atoms with Gasteiger partial charge in [-0.25, -0.2) is 4.39 Å². The molecule has 0 bridgehead atoms. The molecule has 0 atom stereocenters. The Kier molecular flexibility index (Phi) is 4.12. The minimum Gasteiger partial charge on any atom is -0.396 e. The minimum absolute atomic E-state index is 0.0269. The number of hydrogen-bond donors (Lipinski definition) is 2. The molecule has 2 nitrogen and oxygen atoms in total. The molecular formula is C10H12F4N2. The molecule has 0 saturated heterocycles. The molecule has 0 radical (unpaired) electrons. The maximum absolute atomic E-state index is 12.9. The zero-order valence-electron chi connectivity index (χ0n) is 8.44. The van der Waals surface area contributed by atoms with Gasteiger partial charge in [0.2, 0.25) is 0 Å². The third kappa shape index (κ3) is 4.48. The van der Waals surface area contributed by atoms with Crippen molar-refractivity contribution in [3.8, 4) is 0 Å². The van der Waals surface area contributed by atoms with Crippen molar-refractivity contribution in [3.05, 3.63) is 29.6 Å². The van der Waals surface area contributed by atoms with Crippen molar-refractivity contribution >= 4 is 5.69 Å². The van der Waals surface area contributed by atoms with Gasteiger partial charge in [0.05, 0.1) is 12.1 Å². The van der Waals surface area contributed by atoms with E-state index in [9.17, 15) is 17.6 Å². The monoisotopic (exact) mass is 236 g/mol. The Balaban J connectivity index is 2.35. The summed E-state index contributed by atoms with van der Waals surface area (Å²) in [6, 6.07) is 4.16. The van der Waals surface area contributed by atoms with Gasteiger partial charge in [-0.2, -0.15) is 13.2 Å². The Morgan fingerprint density at radius 1 is 1.25 bits per heavy atom. The van der Waals surface area contributed by atoms with Crippen molar-refractivity contribution in [2.75, 3.05) is 12.3 Å². The van der Waals surface area contributed by atoms with Gasteiger partial charge in [0, 0.05) is 13.1 Å². The van der Waals surface area contributed by atoms with Crippen LogP contribution in [-0.2, 0) is 6.54 Å². The van der Waals surface area contributed by atoms with E-state index < -0.39 is 18.4 Å². The van der Waals surface area contributed by atoms with Gasteiger partial charge in [0.15, 0.2) is 0 Å². The molecule has 6 heteroatoms. The van der Waals surface area contributed by atoms with Gasteiger partial charge >= 0.3 is 6.18 Å². The molecule has 0 fully saturated rings. The van der Waals surface area contributed by atoms with Crippen molar-refractivity contribution in [2.45, 2.75) is 19.1 Å². The Labute approximate surface area is 90.4 Å². The van der Waals surface area contributed by atoms with Gasteiger partial charge < -0.3 is 11.1 Å². The summed E-state index contributed by atoms with van der Waals surface area (Å²) < 4.78 is 48.3. The third-order valence-electron chi connectivity index (χ3n) is 1.98. The highest BCUT2D eigenvalue weighted by atomic mass is 19.4. The zero-order valence-corrected chi connectivity index (χ0v) is 8.44. The lowest BCUT2D eigenvalue weighted by Crippen LogP contribution is -2.21. The first kappa shape index (κ1) is 12.8. The maximum Gasteiger partial charge on any atom is 0.390 e. The van der Waals surface area contributed by atoms with Crippen LogP contribution in [0.5, 0.6) is 0 Å². The van der Waals surface area contributed by atoms with Gasteiger partial charge in [0.25, 0.3) is 0 Å². The van der Waals surface area contributed by atoms with Crippen LogP contribution in [0.4, 0.5) is 23.2 Å². The number of anilines is 1. The van der Waals surface area contributed by atoms with E-state index in [1.165, 1.54) is 12.1 Å². The average molecular weight is 236 g/mol. The summed E-state index contributed by atoms with van der Waals surface area (Å²) in [5.74, 6) is -0.560. The Morgan fingerprint density at radius 2 is 1.94 bits per heavy atom. The van der Waals surface area contributed by atoms with Gasteiger partial charge in [-0.15, -0.1) is 0 Å². The van der Waals surface area contributed by atoms with E-state index in [-0.39, 0.29) is 18.8 Å². The lowest BCUT2D eigenvalue weighted by molar-refractivity contribution is -0.133. The molecule has 90 valence electrons. The molecule has 0 heterocycles. The number of nitrogens with one attached hydrogen (secondary N) is 1. The number of rotatable bonds is 4. The van der Waals surface area contributed by atoms with Crippen LogP contribution in [0.1, 0.15) is 12.0 Å². The zero-order chi connectivity index (χ0) is 12.2. The first-order valence-corrected chi connectivity index (χ1v) is 4.70. The SMILES string of the molecule is Nc1ccc(CNCCC(F)(F)F)cc1F. The van der Waals surface area contributed by atoms with Crippen LogP contribution in [0.3, 0.4) is 0 Å². The molecule has 0 aliphatic heterocycles. The molecule has 16 heavy (non-hydrogen) atoms. The highest BCUT2D eigenvalue weighted by Gasteiger charge is 2.25. The topological polar surface area (TPSA) is 38.0 Å². The van der Waals surface area contributed by atoms with Crippen molar-refractivity contribution in [1.29, 1.82) is 0 Å². The van der Waals surface area contributed by atoms with E-state index in [0.717, 1.165) is 0 Å². The van der Waals surface area contributed by atoms with Crippen LogP contribution in [0.2, 0.25) is 0 Å². The standard InChI is InChI=1S/C10H12F4N2/c11-8-5-7(1-2-9(8)15)6-16-4-3-10(12,13)14/h1-2,5,16H,3-4,6,15H2. The van der Waals surface area contributed by atoms with E-state index in [2.05, 4.69) is 5.32 Å². The van der Waals surface area contributed by atoms with Crippen LogP contribution in [-0.4, -0.2) is 12.7 Å². The number of nitrogens with two attached hydrogens (primary N) is 1. The minimum atomic E-state index is -4.17. The van der Waals surface area contributed by atoms with Crippen LogP contribution in [0.25, 0.3) is 0 Å². The van der Waals surface area contributed by atoms with Gasteiger partial charge in [-0.3, -0.25) is 0 Å². The summed E-state index contributed by atoms with van der Waals surface area (Å²) in [6.07, 6.45) is -5.07. The van der Waals surface area contributed by atoms with Crippen molar-refractivity contribution in [2.24, 2.45) is 0 Å². The molecule has 0 amide bonds.